The van der Waals surface area contributed by atoms with Crippen LogP contribution in [0.4, 0.5) is 0 Å². The molecule has 0 radical (unpaired) electrons. The molecule has 5 nitrogen and oxygen atoms in total. The molecule has 6 heteroatoms. The Morgan fingerprint density at radius 3 is 2.65 bits per heavy atom. The summed E-state index contributed by atoms with van der Waals surface area (Å²) >= 11 is 0. The van der Waals surface area contributed by atoms with Crippen molar-refractivity contribution in [1.29, 1.82) is 0 Å². The molecule has 0 bridgehead atoms. The van der Waals surface area contributed by atoms with E-state index < -0.39 is 21.1 Å². The van der Waals surface area contributed by atoms with Gasteiger partial charge in [0.25, 0.3) is 0 Å². The molecule has 0 aliphatic heterocycles. The highest BCUT2D eigenvalue weighted by Gasteiger charge is 2.34. The van der Waals surface area contributed by atoms with Crippen molar-refractivity contribution in [2.45, 2.75) is 44.5 Å². The fourth-order valence-corrected chi connectivity index (χ4v) is 4.39. The zero-order chi connectivity index (χ0) is 16.8. The van der Waals surface area contributed by atoms with Gasteiger partial charge in [0.1, 0.15) is 15.9 Å². The van der Waals surface area contributed by atoms with E-state index in [1.807, 2.05) is 26.0 Å². The molecule has 1 N–H and O–H groups in total. The minimum Gasteiger partial charge on any atom is -0.459 e. The molecule has 0 amide bonds. The van der Waals surface area contributed by atoms with Gasteiger partial charge in [-0.1, -0.05) is 12.1 Å². The van der Waals surface area contributed by atoms with Gasteiger partial charge in [0.2, 0.25) is 0 Å². The Bertz CT molecular complexity index is 866. The third-order valence-electron chi connectivity index (χ3n) is 4.78. The monoisotopic (exact) mass is 335 g/mol. The summed E-state index contributed by atoms with van der Waals surface area (Å²) in [4.78, 5) is 15.7. The van der Waals surface area contributed by atoms with Crippen LogP contribution in [0.3, 0.4) is 0 Å². The second kappa shape index (κ2) is 5.67. The number of nitrogens with one attached hydrogen (secondary N) is 1. The van der Waals surface area contributed by atoms with E-state index in [2.05, 4.69) is 4.98 Å². The topological polar surface area (TPSA) is 76.2 Å². The molecule has 3 rings (SSSR count). The second-order valence-corrected chi connectivity index (χ2v) is 8.72. The molecule has 1 aliphatic carbocycles. The Balaban J connectivity index is 1.81. The van der Waals surface area contributed by atoms with Crippen molar-refractivity contribution in [3.63, 3.8) is 0 Å². The smallest absolute Gasteiger partial charge is 0.340 e. The maximum Gasteiger partial charge on any atom is 0.340 e. The molecule has 23 heavy (non-hydrogen) atoms. The maximum absolute atomic E-state index is 12.5. The number of carbonyl (C=O) groups is 1. The summed E-state index contributed by atoms with van der Waals surface area (Å²) in [7, 11) is -3.07. The first-order valence-electron chi connectivity index (χ1n) is 7.75. The molecule has 1 aromatic heterocycles. The third-order valence-corrected chi connectivity index (χ3v) is 6.42. The number of hydrogen-bond donors (Lipinski definition) is 1. The quantitative estimate of drug-likeness (QED) is 0.875. The molecule has 1 heterocycles. The standard InChI is InChI=1S/C17H21NO4S/c1-10-11(2)18-16-14(10)5-4-6-15(16)17(19)22-12-7-8-13(9-12)23(3,20)21/h4-6,12-13,18H,7-9H2,1-3H3/t12-,13+/m1/s1. The Hall–Kier alpha value is -1.82. The number of rotatable bonds is 3. The van der Waals surface area contributed by atoms with Gasteiger partial charge in [0, 0.05) is 23.8 Å². The molecule has 1 aliphatic rings. The van der Waals surface area contributed by atoms with Gasteiger partial charge in [-0.3, -0.25) is 0 Å². The van der Waals surface area contributed by atoms with Crippen LogP contribution in [0, 0.1) is 13.8 Å². The van der Waals surface area contributed by atoms with Crippen LogP contribution in [0.25, 0.3) is 10.9 Å². The van der Waals surface area contributed by atoms with Crippen molar-refractivity contribution >= 4 is 26.7 Å². The maximum atomic E-state index is 12.5. The normalized spacial score (nSPS) is 21.7. The van der Waals surface area contributed by atoms with Crippen LogP contribution in [0.1, 0.15) is 40.9 Å². The van der Waals surface area contributed by atoms with Gasteiger partial charge in [-0.05, 0) is 38.3 Å². The van der Waals surface area contributed by atoms with Crippen molar-refractivity contribution in [1.82, 2.24) is 4.98 Å². The molecule has 2 aromatic rings. The Labute approximate surface area is 136 Å². The number of carbonyl (C=O) groups excluding carboxylic acids is 1. The SMILES string of the molecule is Cc1[nH]c2c(C(=O)O[C@@H]3CC[C@H](S(C)(=O)=O)C3)cccc2c1C. The number of H-pyrrole nitrogens is 1. The molecule has 1 fully saturated rings. The summed E-state index contributed by atoms with van der Waals surface area (Å²) in [6.45, 7) is 3.98. The van der Waals surface area contributed by atoms with E-state index in [4.69, 9.17) is 4.74 Å². The van der Waals surface area contributed by atoms with E-state index in [-0.39, 0.29) is 6.10 Å². The Morgan fingerprint density at radius 2 is 2.00 bits per heavy atom. The zero-order valence-electron chi connectivity index (χ0n) is 13.5. The lowest BCUT2D eigenvalue weighted by molar-refractivity contribution is 0.0320. The van der Waals surface area contributed by atoms with Gasteiger partial charge in [-0.25, -0.2) is 13.2 Å². The van der Waals surface area contributed by atoms with Crippen LogP contribution in [0.2, 0.25) is 0 Å². The lowest BCUT2D eigenvalue weighted by Gasteiger charge is -2.13. The van der Waals surface area contributed by atoms with Gasteiger partial charge < -0.3 is 9.72 Å². The number of aromatic nitrogens is 1. The van der Waals surface area contributed by atoms with E-state index in [1.165, 1.54) is 6.26 Å². The van der Waals surface area contributed by atoms with Crippen molar-refractivity contribution < 1.29 is 17.9 Å². The summed E-state index contributed by atoms with van der Waals surface area (Å²) in [5, 5.41) is 0.614. The average molecular weight is 335 g/mol. The molecule has 1 saturated carbocycles. The second-order valence-electron chi connectivity index (χ2n) is 6.40. The first kappa shape index (κ1) is 16.1. The lowest BCUT2D eigenvalue weighted by Crippen LogP contribution is -2.20. The third kappa shape index (κ3) is 3.00. The first-order chi connectivity index (χ1) is 10.8. The summed E-state index contributed by atoms with van der Waals surface area (Å²) in [5.74, 6) is -0.393. The predicted molar refractivity (Wildman–Crippen MR) is 89.5 cm³/mol. The Morgan fingerprint density at radius 1 is 1.26 bits per heavy atom. The largest absolute Gasteiger partial charge is 0.459 e. The van der Waals surface area contributed by atoms with Crippen LogP contribution in [-0.2, 0) is 14.6 Å². The average Bonchev–Trinajstić information content (AvgIpc) is 3.05. The van der Waals surface area contributed by atoms with Crippen LogP contribution in [0.5, 0.6) is 0 Å². The van der Waals surface area contributed by atoms with Crippen molar-refractivity contribution in [2.75, 3.05) is 6.26 Å². The molecule has 0 unspecified atom stereocenters. The van der Waals surface area contributed by atoms with E-state index in [9.17, 15) is 13.2 Å². The number of fused-ring (bicyclic) bond motifs is 1. The fraction of sp³-hybridized carbons (Fsp3) is 0.471. The summed E-state index contributed by atoms with van der Waals surface area (Å²) in [6, 6.07) is 5.55. The van der Waals surface area contributed by atoms with Gasteiger partial charge in [-0.2, -0.15) is 0 Å². The minimum absolute atomic E-state index is 0.324. The highest BCUT2D eigenvalue weighted by atomic mass is 32.2. The predicted octanol–water partition coefficient (Wildman–Crippen LogP) is 2.91. The van der Waals surface area contributed by atoms with Crippen molar-refractivity contribution in [3.05, 3.63) is 35.0 Å². The highest BCUT2D eigenvalue weighted by Crippen LogP contribution is 2.29. The summed E-state index contributed by atoms with van der Waals surface area (Å²) in [5.41, 5.74) is 3.43. The molecule has 124 valence electrons. The summed E-state index contributed by atoms with van der Waals surface area (Å²) in [6.07, 6.45) is 2.47. The van der Waals surface area contributed by atoms with Crippen LogP contribution in [-0.4, -0.2) is 37.0 Å². The molecule has 2 atom stereocenters. The highest BCUT2D eigenvalue weighted by molar-refractivity contribution is 7.91. The molecule has 1 aromatic carbocycles. The minimum atomic E-state index is -3.07. The molecular weight excluding hydrogens is 314 g/mol. The van der Waals surface area contributed by atoms with Gasteiger partial charge in [0.05, 0.1) is 16.3 Å². The Kier molecular flexibility index (Phi) is 3.96. The van der Waals surface area contributed by atoms with Crippen molar-refractivity contribution in [3.8, 4) is 0 Å². The van der Waals surface area contributed by atoms with Crippen LogP contribution >= 0.6 is 0 Å². The first-order valence-corrected chi connectivity index (χ1v) is 9.70. The molecular formula is C17H21NO4S. The number of aryl methyl sites for hydroxylation is 2. The summed E-state index contributed by atoms with van der Waals surface area (Å²) < 4.78 is 28.8. The van der Waals surface area contributed by atoms with Crippen molar-refractivity contribution in [2.24, 2.45) is 0 Å². The van der Waals surface area contributed by atoms with Gasteiger partial charge in [-0.15, -0.1) is 0 Å². The van der Waals surface area contributed by atoms with Crippen LogP contribution in [0.15, 0.2) is 18.2 Å². The number of para-hydroxylation sites is 1. The van der Waals surface area contributed by atoms with Crippen LogP contribution < -0.4 is 0 Å². The number of aromatic amines is 1. The molecule has 0 saturated heterocycles. The number of sulfone groups is 1. The number of hydrogen-bond acceptors (Lipinski definition) is 4. The molecule has 0 spiro atoms. The lowest BCUT2D eigenvalue weighted by atomic mass is 10.1. The number of esters is 1. The van der Waals surface area contributed by atoms with E-state index in [0.717, 1.165) is 22.2 Å². The van der Waals surface area contributed by atoms with E-state index in [0.29, 0.717) is 24.8 Å². The van der Waals surface area contributed by atoms with E-state index >= 15 is 0 Å². The van der Waals surface area contributed by atoms with Gasteiger partial charge in [0.15, 0.2) is 0 Å². The van der Waals surface area contributed by atoms with E-state index in [1.54, 1.807) is 6.07 Å². The zero-order valence-corrected chi connectivity index (χ0v) is 14.4. The number of ether oxygens (including phenoxy) is 1. The number of benzene rings is 1. The van der Waals surface area contributed by atoms with Gasteiger partial charge >= 0.3 is 5.97 Å². The fourth-order valence-electron chi connectivity index (χ4n) is 3.26.